The summed E-state index contributed by atoms with van der Waals surface area (Å²) in [4.78, 5) is 5.50. The van der Waals surface area contributed by atoms with Crippen LogP contribution in [0.1, 0.15) is 5.56 Å². The Bertz CT molecular complexity index is 392. The van der Waals surface area contributed by atoms with E-state index in [0.29, 0.717) is 12.5 Å². The van der Waals surface area contributed by atoms with Crippen LogP contribution in [0.5, 0.6) is 5.75 Å². The first kappa shape index (κ1) is 11.8. The van der Waals surface area contributed by atoms with E-state index in [0.717, 1.165) is 11.3 Å². The average Bonchev–Trinajstić information content (AvgIpc) is 2.26. The van der Waals surface area contributed by atoms with Gasteiger partial charge >= 0.3 is 5.96 Å². The van der Waals surface area contributed by atoms with Gasteiger partial charge in [0.2, 0.25) is 0 Å². The minimum absolute atomic E-state index is 0.0553. The maximum Gasteiger partial charge on any atom is 0.517 e. The minimum Gasteiger partial charge on any atom is -0.497 e. The molecule has 0 radical (unpaired) electrons. The molecule has 0 bridgehead atoms. The van der Waals surface area contributed by atoms with E-state index in [4.69, 9.17) is 21.9 Å². The monoisotopic (exact) mass is 223 g/mol. The van der Waals surface area contributed by atoms with Crippen LogP contribution in [0.3, 0.4) is 0 Å². The van der Waals surface area contributed by atoms with Crippen molar-refractivity contribution in [1.29, 1.82) is 0 Å². The van der Waals surface area contributed by atoms with Gasteiger partial charge < -0.3 is 16.2 Å². The van der Waals surface area contributed by atoms with Gasteiger partial charge in [0.1, 0.15) is 12.3 Å². The molecule has 0 unspecified atom stereocenters. The largest absolute Gasteiger partial charge is 0.517 e. The van der Waals surface area contributed by atoms with E-state index in [1.165, 1.54) is 0 Å². The molecule has 0 spiro atoms. The number of nitrogens with two attached hydrogens (primary N) is 3. The van der Waals surface area contributed by atoms with Gasteiger partial charge in [0.25, 0.3) is 5.96 Å². The van der Waals surface area contributed by atoms with Crippen molar-refractivity contribution in [1.82, 2.24) is 0 Å². The minimum atomic E-state index is 0.0553. The molecule has 0 saturated heterocycles. The van der Waals surface area contributed by atoms with E-state index in [1.54, 1.807) is 7.11 Å². The summed E-state index contributed by atoms with van der Waals surface area (Å²) in [5, 5.41) is 0. The number of hydrogen-bond acceptors (Lipinski definition) is 1. The Labute approximate surface area is 93.8 Å². The van der Waals surface area contributed by atoms with Crippen LogP contribution in [0.25, 0.3) is 0 Å². The first-order valence-corrected chi connectivity index (χ1v) is 4.76. The van der Waals surface area contributed by atoms with Crippen LogP contribution < -0.4 is 31.9 Å². The number of nitrogens with one attached hydrogen (secondary N) is 2. The van der Waals surface area contributed by atoms with Crippen molar-refractivity contribution in [2.24, 2.45) is 17.2 Å². The normalized spacial score (nSPS) is 10.9. The van der Waals surface area contributed by atoms with E-state index in [9.17, 15) is 0 Å². The van der Waals surface area contributed by atoms with Crippen LogP contribution in [0.2, 0.25) is 0 Å². The summed E-state index contributed by atoms with van der Waals surface area (Å²) >= 11 is 0. The van der Waals surface area contributed by atoms with Gasteiger partial charge in [-0.3, -0.25) is 0 Å². The Hall–Kier alpha value is -2.24. The smallest absolute Gasteiger partial charge is 0.497 e. The highest BCUT2D eigenvalue weighted by molar-refractivity contribution is 5.75. The molecule has 1 aromatic carbocycles. The van der Waals surface area contributed by atoms with Crippen molar-refractivity contribution in [2.75, 3.05) is 7.11 Å². The molecular weight excluding hydrogens is 206 g/mol. The van der Waals surface area contributed by atoms with E-state index in [-0.39, 0.29) is 5.96 Å². The summed E-state index contributed by atoms with van der Waals surface area (Å²) in [5.41, 5.74) is 17.1. The summed E-state index contributed by atoms with van der Waals surface area (Å²) in [5.74, 6) is 1.19. The molecule has 0 aromatic heterocycles. The van der Waals surface area contributed by atoms with Gasteiger partial charge in [-0.2, -0.15) is 4.99 Å². The predicted molar refractivity (Wildman–Crippen MR) is 61.2 cm³/mol. The molecule has 1 aromatic rings. The summed E-state index contributed by atoms with van der Waals surface area (Å²) in [6.45, 7) is 0.579. The molecule has 16 heavy (non-hydrogen) atoms. The second kappa shape index (κ2) is 5.59. The molecule has 0 amide bonds. The van der Waals surface area contributed by atoms with Crippen molar-refractivity contribution in [3.8, 4) is 5.75 Å². The first-order chi connectivity index (χ1) is 7.61. The number of rotatable bonds is 3. The average molecular weight is 223 g/mol. The highest BCUT2D eigenvalue weighted by Gasteiger charge is 2.03. The molecule has 0 heterocycles. The van der Waals surface area contributed by atoms with E-state index < -0.39 is 0 Å². The fourth-order valence-electron chi connectivity index (χ4n) is 1.14. The van der Waals surface area contributed by atoms with Crippen LogP contribution >= 0.6 is 0 Å². The SMILES string of the molecule is COc1ccc(C[NH+]=C(N)[NH+]=C(N)N)cc1. The molecule has 0 saturated carbocycles. The molecule has 0 aliphatic carbocycles. The number of methoxy groups -OCH3 is 1. The first-order valence-electron chi connectivity index (χ1n) is 4.76. The van der Waals surface area contributed by atoms with Crippen molar-refractivity contribution in [3.05, 3.63) is 29.8 Å². The Kier molecular flexibility index (Phi) is 4.14. The summed E-state index contributed by atoms with van der Waals surface area (Å²) in [6, 6.07) is 7.64. The molecule has 8 N–H and O–H groups in total. The third-order valence-electron chi connectivity index (χ3n) is 1.92. The zero-order chi connectivity index (χ0) is 12.0. The third kappa shape index (κ3) is 3.87. The van der Waals surface area contributed by atoms with Gasteiger partial charge in [-0.05, 0) is 12.1 Å². The van der Waals surface area contributed by atoms with Crippen LogP contribution in [-0.2, 0) is 6.54 Å². The van der Waals surface area contributed by atoms with Gasteiger partial charge in [-0.1, -0.05) is 12.1 Å². The lowest BCUT2D eigenvalue weighted by atomic mass is 10.2. The number of hydrogen-bond donors (Lipinski definition) is 5. The number of guanidine groups is 2. The Morgan fingerprint density at radius 1 is 1.19 bits per heavy atom. The fraction of sp³-hybridized carbons (Fsp3) is 0.200. The van der Waals surface area contributed by atoms with Crippen LogP contribution in [-0.4, -0.2) is 19.0 Å². The number of ether oxygens (including phenoxy) is 1. The molecule has 6 nitrogen and oxygen atoms in total. The highest BCUT2D eigenvalue weighted by Crippen LogP contribution is 2.09. The Morgan fingerprint density at radius 2 is 1.81 bits per heavy atom. The van der Waals surface area contributed by atoms with Gasteiger partial charge in [-0.25, -0.2) is 5.73 Å². The highest BCUT2D eigenvalue weighted by atomic mass is 16.5. The quantitative estimate of drug-likeness (QED) is 0.265. The molecular formula is C10H17N5O+2. The topological polar surface area (TPSA) is 115 Å². The van der Waals surface area contributed by atoms with Crippen LogP contribution in [0.15, 0.2) is 24.3 Å². The molecule has 86 valence electrons. The zero-order valence-corrected chi connectivity index (χ0v) is 9.16. The van der Waals surface area contributed by atoms with Crippen molar-refractivity contribution in [2.45, 2.75) is 6.54 Å². The molecule has 1 rings (SSSR count). The maximum absolute atomic E-state index is 5.57. The molecule has 6 heteroatoms. The molecule has 0 aliphatic rings. The second-order valence-electron chi connectivity index (χ2n) is 3.20. The van der Waals surface area contributed by atoms with Crippen LogP contribution in [0, 0.1) is 0 Å². The van der Waals surface area contributed by atoms with Gasteiger partial charge in [0.15, 0.2) is 0 Å². The van der Waals surface area contributed by atoms with Gasteiger partial charge in [0, 0.05) is 5.56 Å². The van der Waals surface area contributed by atoms with Crippen molar-refractivity contribution >= 4 is 11.9 Å². The third-order valence-corrected chi connectivity index (χ3v) is 1.92. The zero-order valence-electron chi connectivity index (χ0n) is 9.16. The molecule has 0 atom stereocenters. The number of benzene rings is 1. The van der Waals surface area contributed by atoms with Crippen molar-refractivity contribution < 1.29 is 14.7 Å². The predicted octanol–water partition coefficient (Wildman–Crippen LogP) is -4.06. The summed E-state index contributed by atoms with van der Waals surface area (Å²) in [7, 11) is 1.63. The lowest BCUT2D eigenvalue weighted by Gasteiger charge is -1.98. The Balaban J connectivity index is 2.63. The van der Waals surface area contributed by atoms with Crippen LogP contribution in [0.4, 0.5) is 0 Å². The lowest BCUT2D eigenvalue weighted by Crippen LogP contribution is -2.97. The second-order valence-corrected chi connectivity index (χ2v) is 3.20. The standard InChI is InChI=1S/C10H15N5O/c1-16-8-4-2-7(3-5-8)6-14-10(13)15-9(11)12/h2-5H,6H2,1H3,(H6,11,12,13,14,15)/p+2. The van der Waals surface area contributed by atoms with Gasteiger partial charge in [0.05, 0.1) is 7.11 Å². The fourth-order valence-corrected chi connectivity index (χ4v) is 1.14. The summed E-state index contributed by atoms with van der Waals surface area (Å²) in [6.07, 6.45) is 0. The van der Waals surface area contributed by atoms with Gasteiger partial charge in [-0.15, -0.1) is 4.99 Å². The Morgan fingerprint density at radius 3 is 2.31 bits per heavy atom. The van der Waals surface area contributed by atoms with E-state index >= 15 is 0 Å². The molecule has 0 fully saturated rings. The lowest BCUT2D eigenvalue weighted by molar-refractivity contribution is -0.536. The maximum atomic E-state index is 5.57. The summed E-state index contributed by atoms with van der Waals surface area (Å²) < 4.78 is 5.05. The van der Waals surface area contributed by atoms with E-state index in [2.05, 4.69) is 9.98 Å². The molecule has 0 aliphatic heterocycles. The van der Waals surface area contributed by atoms with Crippen molar-refractivity contribution in [3.63, 3.8) is 0 Å². The van der Waals surface area contributed by atoms with E-state index in [1.807, 2.05) is 24.3 Å².